The Morgan fingerprint density at radius 1 is 1.10 bits per heavy atom. The Hall–Kier alpha value is -2.99. The summed E-state index contributed by atoms with van der Waals surface area (Å²) < 4.78 is 0. The molecule has 1 amide bonds. The van der Waals surface area contributed by atoms with Gasteiger partial charge in [-0.2, -0.15) is 4.98 Å². The molecule has 0 aliphatic carbocycles. The molecule has 1 heterocycles. The number of nitrogens with zero attached hydrogens (tertiary/aromatic N) is 2. The van der Waals surface area contributed by atoms with Crippen LogP contribution < -0.4 is 11.0 Å². The van der Waals surface area contributed by atoms with E-state index in [0.29, 0.717) is 28.8 Å². The van der Waals surface area contributed by atoms with Gasteiger partial charge in [-0.05, 0) is 24.6 Å². The molecule has 0 radical (unpaired) electrons. The van der Waals surface area contributed by atoms with Crippen LogP contribution in [0.25, 0.3) is 22.8 Å². The van der Waals surface area contributed by atoms with Crippen molar-refractivity contribution in [2.45, 2.75) is 34.2 Å². The van der Waals surface area contributed by atoms with E-state index in [1.165, 1.54) is 0 Å². The lowest BCUT2D eigenvalue weighted by atomic mass is 9.95. The van der Waals surface area contributed by atoms with Crippen LogP contribution in [0.5, 0.6) is 0 Å². The van der Waals surface area contributed by atoms with Gasteiger partial charge in [0, 0.05) is 23.1 Å². The summed E-state index contributed by atoms with van der Waals surface area (Å²) in [6, 6.07) is 13.0. The van der Waals surface area contributed by atoms with E-state index in [2.05, 4.69) is 20.3 Å². The maximum Gasteiger partial charge on any atom is 0.348 e. The summed E-state index contributed by atoms with van der Waals surface area (Å²) in [6.07, 6.45) is 0. The molecule has 6 nitrogen and oxygen atoms in total. The topological polar surface area (TPSA) is 87.7 Å². The fourth-order valence-corrected chi connectivity index (χ4v) is 2.86. The van der Waals surface area contributed by atoms with Gasteiger partial charge >= 0.3 is 5.69 Å². The van der Waals surface area contributed by atoms with E-state index in [9.17, 15) is 9.59 Å². The van der Waals surface area contributed by atoms with Gasteiger partial charge in [-0.25, -0.2) is 9.78 Å². The summed E-state index contributed by atoms with van der Waals surface area (Å²) in [7, 11) is 0. The Morgan fingerprint density at radius 2 is 1.79 bits per heavy atom. The highest BCUT2D eigenvalue weighted by molar-refractivity contribution is 6.33. The molecule has 0 bridgehead atoms. The zero-order valence-corrected chi connectivity index (χ0v) is 17.6. The summed E-state index contributed by atoms with van der Waals surface area (Å²) >= 11 is 6.37. The molecular formula is C22H23ClN4O2. The van der Waals surface area contributed by atoms with Crippen molar-refractivity contribution >= 4 is 17.5 Å². The van der Waals surface area contributed by atoms with Gasteiger partial charge in [0.05, 0.1) is 5.02 Å². The normalized spacial score (nSPS) is 11.3. The van der Waals surface area contributed by atoms with E-state index in [1.807, 2.05) is 64.1 Å². The molecule has 7 heteroatoms. The van der Waals surface area contributed by atoms with Crippen LogP contribution >= 0.6 is 11.6 Å². The first-order valence-corrected chi connectivity index (χ1v) is 9.64. The number of amides is 1. The first-order chi connectivity index (χ1) is 13.6. The van der Waals surface area contributed by atoms with E-state index in [0.717, 1.165) is 16.7 Å². The summed E-state index contributed by atoms with van der Waals surface area (Å²) in [5.41, 5.74) is 2.28. The lowest BCUT2D eigenvalue weighted by molar-refractivity contribution is -0.128. The molecule has 0 unspecified atom stereocenters. The molecule has 0 spiro atoms. The molecule has 3 rings (SSSR count). The van der Waals surface area contributed by atoms with Gasteiger partial charge in [-0.1, -0.05) is 68.3 Å². The average Bonchev–Trinajstić information content (AvgIpc) is 2.66. The number of halogens is 1. The van der Waals surface area contributed by atoms with Crippen molar-refractivity contribution in [2.24, 2.45) is 5.41 Å². The highest BCUT2D eigenvalue weighted by Crippen LogP contribution is 2.27. The monoisotopic (exact) mass is 410 g/mol. The predicted octanol–water partition coefficient (Wildman–Crippen LogP) is 4.12. The van der Waals surface area contributed by atoms with Crippen molar-refractivity contribution in [1.29, 1.82) is 0 Å². The summed E-state index contributed by atoms with van der Waals surface area (Å²) in [5.74, 6) is 0.604. The highest BCUT2D eigenvalue weighted by Gasteiger charge is 2.20. The number of nitrogens with one attached hydrogen (secondary N) is 2. The van der Waals surface area contributed by atoms with Gasteiger partial charge in [0.1, 0.15) is 5.82 Å². The van der Waals surface area contributed by atoms with Gasteiger partial charge in [0.25, 0.3) is 0 Å². The van der Waals surface area contributed by atoms with Crippen LogP contribution in [-0.4, -0.2) is 20.9 Å². The summed E-state index contributed by atoms with van der Waals surface area (Å²) in [5, 5.41) is 3.35. The van der Waals surface area contributed by atoms with Gasteiger partial charge in [0.2, 0.25) is 5.91 Å². The Bertz CT molecular complexity index is 1100. The Balaban J connectivity index is 1.95. The third kappa shape index (κ3) is 5.09. The SMILES string of the molecule is Cc1ccc(-c2nc(-c3cc(CNC(=O)C(C)(C)C)ccc3Cl)[nH]c(=O)n2)cc1. The molecule has 0 atom stereocenters. The van der Waals surface area contributed by atoms with Gasteiger partial charge in [0.15, 0.2) is 5.82 Å². The number of H-pyrrole nitrogens is 1. The number of aryl methyl sites for hydroxylation is 1. The molecule has 2 N–H and O–H groups in total. The maximum atomic E-state index is 12.1. The molecule has 3 aromatic rings. The van der Waals surface area contributed by atoms with Crippen molar-refractivity contribution < 1.29 is 4.79 Å². The maximum absolute atomic E-state index is 12.1. The van der Waals surface area contributed by atoms with Crippen LogP contribution in [0.4, 0.5) is 0 Å². The number of rotatable bonds is 4. The second-order valence-corrected chi connectivity index (χ2v) is 8.35. The number of aromatic amines is 1. The fraction of sp³-hybridized carbons (Fsp3) is 0.273. The molecule has 2 aromatic carbocycles. The molecular weight excluding hydrogens is 388 g/mol. The number of carbonyl (C=O) groups is 1. The Labute approximate surface area is 174 Å². The molecule has 29 heavy (non-hydrogen) atoms. The number of aromatic nitrogens is 3. The van der Waals surface area contributed by atoms with E-state index in [-0.39, 0.29) is 5.91 Å². The van der Waals surface area contributed by atoms with E-state index >= 15 is 0 Å². The van der Waals surface area contributed by atoms with Crippen molar-refractivity contribution in [3.8, 4) is 22.8 Å². The smallest absolute Gasteiger partial charge is 0.348 e. The standard InChI is InChI=1S/C22H23ClN4O2/c1-13-5-8-15(9-6-13)18-25-19(27-21(29)26-18)16-11-14(7-10-17(16)23)12-24-20(28)22(2,3)4/h5-11H,12H2,1-4H3,(H,24,28)(H,25,26,27,29). The molecule has 0 saturated heterocycles. The van der Waals surface area contributed by atoms with Crippen molar-refractivity contribution in [3.05, 3.63) is 69.1 Å². The highest BCUT2D eigenvalue weighted by atomic mass is 35.5. The minimum atomic E-state index is -0.506. The third-order valence-corrected chi connectivity index (χ3v) is 4.71. The van der Waals surface area contributed by atoms with Crippen molar-refractivity contribution in [3.63, 3.8) is 0 Å². The summed E-state index contributed by atoms with van der Waals surface area (Å²) in [6.45, 7) is 7.90. The van der Waals surface area contributed by atoms with Crippen LogP contribution in [0, 0.1) is 12.3 Å². The third-order valence-electron chi connectivity index (χ3n) is 4.38. The molecule has 150 valence electrons. The number of hydrogen-bond donors (Lipinski definition) is 2. The van der Waals surface area contributed by atoms with E-state index < -0.39 is 11.1 Å². The van der Waals surface area contributed by atoms with Crippen LogP contribution in [-0.2, 0) is 11.3 Å². The minimum absolute atomic E-state index is 0.0499. The first kappa shape index (κ1) is 20.7. The number of carbonyl (C=O) groups excluding carboxylic acids is 1. The Morgan fingerprint density at radius 3 is 2.45 bits per heavy atom. The molecule has 0 aliphatic rings. The lowest BCUT2D eigenvalue weighted by Crippen LogP contribution is -2.34. The van der Waals surface area contributed by atoms with E-state index in [1.54, 1.807) is 6.07 Å². The molecule has 0 fully saturated rings. The van der Waals surface area contributed by atoms with Crippen LogP contribution in [0.3, 0.4) is 0 Å². The van der Waals surface area contributed by atoms with Gasteiger partial charge in [-0.15, -0.1) is 0 Å². The van der Waals surface area contributed by atoms with E-state index in [4.69, 9.17) is 11.6 Å². The van der Waals surface area contributed by atoms with Gasteiger partial charge in [-0.3, -0.25) is 9.78 Å². The van der Waals surface area contributed by atoms with Crippen molar-refractivity contribution in [1.82, 2.24) is 20.3 Å². The largest absolute Gasteiger partial charge is 0.352 e. The average molecular weight is 411 g/mol. The second kappa shape index (κ2) is 8.17. The van der Waals surface area contributed by atoms with Gasteiger partial charge < -0.3 is 5.32 Å². The van der Waals surface area contributed by atoms with Crippen molar-refractivity contribution in [2.75, 3.05) is 0 Å². The van der Waals surface area contributed by atoms with Crippen LogP contribution in [0.2, 0.25) is 5.02 Å². The number of benzene rings is 2. The first-order valence-electron chi connectivity index (χ1n) is 9.26. The fourth-order valence-electron chi connectivity index (χ4n) is 2.65. The zero-order chi connectivity index (χ0) is 21.2. The minimum Gasteiger partial charge on any atom is -0.352 e. The summed E-state index contributed by atoms with van der Waals surface area (Å²) in [4.78, 5) is 35.4. The molecule has 0 saturated carbocycles. The lowest BCUT2D eigenvalue weighted by Gasteiger charge is -2.18. The quantitative estimate of drug-likeness (QED) is 0.677. The zero-order valence-electron chi connectivity index (χ0n) is 16.8. The predicted molar refractivity (Wildman–Crippen MR) is 115 cm³/mol. The Kier molecular flexibility index (Phi) is 5.84. The molecule has 0 aliphatic heterocycles. The van der Waals surface area contributed by atoms with Crippen LogP contribution in [0.1, 0.15) is 31.9 Å². The van der Waals surface area contributed by atoms with Crippen LogP contribution in [0.15, 0.2) is 47.3 Å². The number of hydrogen-bond acceptors (Lipinski definition) is 4. The molecule has 1 aromatic heterocycles. The second-order valence-electron chi connectivity index (χ2n) is 7.94.